The van der Waals surface area contributed by atoms with Crippen LogP contribution in [0.25, 0.3) is 0 Å². The lowest BCUT2D eigenvalue weighted by Gasteiger charge is -2.24. The molecule has 2 atom stereocenters. The second kappa shape index (κ2) is 30.4. The van der Waals surface area contributed by atoms with Crippen molar-refractivity contribution in [1.29, 1.82) is 0 Å². The lowest BCUT2D eigenvalue weighted by atomic mass is 10.1. The third-order valence-electron chi connectivity index (χ3n) is 7.35. The first-order valence-corrected chi connectivity index (χ1v) is 20.8. The van der Waals surface area contributed by atoms with E-state index in [4.69, 9.17) is 41.0 Å². The SMILES string of the molecule is CCCCOP(=O)(CCN(CCN)CCN)OCCCCCCCCCCOP(=O)(CCN(CCN)CCN)OCCCC. The Morgan fingerprint density at radius 3 is 0.977 bits per heavy atom. The Bertz CT molecular complexity index is 658. The topological polar surface area (TPSA) is 182 Å². The Kier molecular flexibility index (Phi) is 30.4. The third kappa shape index (κ3) is 25.2. The zero-order valence-corrected chi connectivity index (χ0v) is 30.1. The summed E-state index contributed by atoms with van der Waals surface area (Å²) in [7, 11) is -6.28. The van der Waals surface area contributed by atoms with Crippen LogP contribution in [0, 0.1) is 0 Å². The van der Waals surface area contributed by atoms with E-state index in [-0.39, 0.29) is 0 Å². The van der Waals surface area contributed by atoms with E-state index in [1.807, 2.05) is 0 Å². The fraction of sp³-hybridized carbons (Fsp3) is 1.00. The fourth-order valence-corrected chi connectivity index (χ4v) is 7.98. The van der Waals surface area contributed by atoms with Crippen LogP contribution in [0.2, 0.25) is 0 Å². The van der Waals surface area contributed by atoms with Gasteiger partial charge in [-0.2, -0.15) is 0 Å². The van der Waals surface area contributed by atoms with Crippen molar-refractivity contribution in [2.75, 3.05) is 104 Å². The van der Waals surface area contributed by atoms with Gasteiger partial charge in [-0.25, -0.2) is 0 Å². The van der Waals surface area contributed by atoms with E-state index >= 15 is 0 Å². The maximum Gasteiger partial charge on any atom is 0.331 e. The second-order valence-electron chi connectivity index (χ2n) is 11.4. The molecule has 0 spiro atoms. The van der Waals surface area contributed by atoms with Crippen LogP contribution in [-0.4, -0.2) is 114 Å². The molecule has 0 fully saturated rings. The first kappa shape index (κ1) is 44.1. The average Bonchev–Trinajstić information content (AvgIpc) is 3.00. The predicted molar refractivity (Wildman–Crippen MR) is 185 cm³/mol. The zero-order valence-electron chi connectivity index (χ0n) is 28.3. The van der Waals surface area contributed by atoms with Crippen LogP contribution in [0.4, 0.5) is 0 Å². The first-order chi connectivity index (χ1) is 21.3. The molecule has 0 heterocycles. The summed E-state index contributed by atoms with van der Waals surface area (Å²) in [5.74, 6) is 0. The zero-order chi connectivity index (χ0) is 32.8. The molecule has 44 heavy (non-hydrogen) atoms. The highest BCUT2D eigenvalue weighted by Gasteiger charge is 2.26. The van der Waals surface area contributed by atoms with E-state index < -0.39 is 15.2 Å². The molecule has 0 aromatic heterocycles. The molecule has 0 aromatic rings. The minimum atomic E-state index is -3.14. The van der Waals surface area contributed by atoms with Crippen molar-refractivity contribution in [2.45, 2.75) is 90.9 Å². The average molecular weight is 673 g/mol. The Morgan fingerprint density at radius 1 is 0.432 bits per heavy atom. The molecular formula is C30H70N6O6P2. The molecule has 12 nitrogen and oxygen atoms in total. The van der Waals surface area contributed by atoms with Crippen molar-refractivity contribution in [1.82, 2.24) is 9.80 Å². The normalized spacial score (nSPS) is 14.8. The van der Waals surface area contributed by atoms with E-state index in [0.29, 0.717) is 78.0 Å². The summed E-state index contributed by atoms with van der Waals surface area (Å²) >= 11 is 0. The van der Waals surface area contributed by atoms with Crippen LogP contribution in [0.1, 0.15) is 90.9 Å². The van der Waals surface area contributed by atoms with Gasteiger partial charge in [-0.1, -0.05) is 65.2 Å². The van der Waals surface area contributed by atoms with Crippen LogP contribution >= 0.6 is 15.2 Å². The van der Waals surface area contributed by atoms with Crippen LogP contribution in [0.3, 0.4) is 0 Å². The van der Waals surface area contributed by atoms with Crippen LogP contribution in [0.5, 0.6) is 0 Å². The molecule has 0 amide bonds. The lowest BCUT2D eigenvalue weighted by molar-refractivity contribution is 0.192. The molecule has 0 aliphatic heterocycles. The molecule has 14 heteroatoms. The second-order valence-corrected chi connectivity index (χ2v) is 15.7. The molecular weight excluding hydrogens is 602 g/mol. The van der Waals surface area contributed by atoms with Gasteiger partial charge in [0.25, 0.3) is 0 Å². The van der Waals surface area contributed by atoms with Gasteiger partial charge in [-0.15, -0.1) is 0 Å². The minimum absolute atomic E-state index is 0.363. The summed E-state index contributed by atoms with van der Waals surface area (Å²) in [5.41, 5.74) is 22.8. The number of hydrogen-bond donors (Lipinski definition) is 4. The first-order valence-electron chi connectivity index (χ1n) is 17.3. The molecule has 8 N–H and O–H groups in total. The molecule has 0 aliphatic rings. The molecule has 0 aromatic carbocycles. The van der Waals surface area contributed by atoms with Gasteiger partial charge in [-0.3, -0.25) is 9.13 Å². The van der Waals surface area contributed by atoms with E-state index in [1.165, 1.54) is 0 Å². The highest BCUT2D eigenvalue weighted by molar-refractivity contribution is 7.54. The van der Waals surface area contributed by atoms with Crippen molar-refractivity contribution in [2.24, 2.45) is 22.9 Å². The quantitative estimate of drug-likeness (QED) is 0.0543. The maximum absolute atomic E-state index is 13.3. The van der Waals surface area contributed by atoms with E-state index in [0.717, 1.165) is 103 Å². The van der Waals surface area contributed by atoms with E-state index in [1.54, 1.807) is 0 Å². The van der Waals surface area contributed by atoms with Crippen LogP contribution in [-0.2, 0) is 27.2 Å². The summed E-state index contributed by atoms with van der Waals surface area (Å²) < 4.78 is 49.9. The van der Waals surface area contributed by atoms with Gasteiger partial charge < -0.3 is 50.8 Å². The largest absolute Gasteiger partial charge is 0.331 e. The highest BCUT2D eigenvalue weighted by Crippen LogP contribution is 2.49. The van der Waals surface area contributed by atoms with Gasteiger partial charge in [-0.05, 0) is 25.7 Å². The third-order valence-corrected chi connectivity index (χ3v) is 11.1. The Labute approximate surface area is 270 Å². The van der Waals surface area contributed by atoms with Crippen LogP contribution in [0.15, 0.2) is 0 Å². The molecule has 266 valence electrons. The van der Waals surface area contributed by atoms with Gasteiger partial charge in [0.15, 0.2) is 0 Å². The monoisotopic (exact) mass is 672 g/mol. The smallest absolute Gasteiger partial charge is 0.329 e. The standard InChI is InChI=1S/C30H70N6O6P2/c1-3-5-25-39-43(37,29-23-35(19-15-31)20-16-32)41-27-13-11-9-7-8-10-12-14-28-42-44(38,40-26-6-4-2)30-24-36(21-17-33)22-18-34/h3-34H2,1-2H3. The van der Waals surface area contributed by atoms with Crippen molar-refractivity contribution in [3.8, 4) is 0 Å². The number of hydrogen-bond acceptors (Lipinski definition) is 12. The van der Waals surface area contributed by atoms with Gasteiger partial charge in [0.05, 0.1) is 38.8 Å². The van der Waals surface area contributed by atoms with E-state index in [9.17, 15) is 9.13 Å². The summed E-state index contributed by atoms with van der Waals surface area (Å²) in [6.45, 7) is 12.2. The van der Waals surface area contributed by atoms with Crippen molar-refractivity contribution >= 4 is 15.2 Å². The van der Waals surface area contributed by atoms with Crippen molar-refractivity contribution < 1.29 is 27.2 Å². The van der Waals surface area contributed by atoms with Crippen LogP contribution < -0.4 is 22.9 Å². The Morgan fingerprint density at radius 2 is 0.705 bits per heavy atom. The summed E-state index contributed by atoms with van der Waals surface area (Å²) in [4.78, 5) is 4.24. The molecule has 0 rings (SSSR count). The maximum atomic E-state index is 13.3. The molecule has 2 unspecified atom stereocenters. The number of nitrogens with zero attached hydrogens (tertiary/aromatic N) is 2. The van der Waals surface area contributed by atoms with Gasteiger partial charge >= 0.3 is 15.2 Å². The summed E-state index contributed by atoms with van der Waals surface area (Å²) in [6, 6.07) is 0. The Hall–Kier alpha value is 0.0600. The molecule has 0 saturated heterocycles. The molecule has 0 aliphatic carbocycles. The van der Waals surface area contributed by atoms with E-state index in [2.05, 4.69) is 23.6 Å². The molecule has 0 bridgehead atoms. The fourth-order valence-electron chi connectivity index (χ4n) is 4.63. The van der Waals surface area contributed by atoms with Gasteiger partial charge in [0, 0.05) is 65.4 Å². The van der Waals surface area contributed by atoms with Gasteiger partial charge in [0.1, 0.15) is 0 Å². The van der Waals surface area contributed by atoms with Gasteiger partial charge in [0.2, 0.25) is 0 Å². The highest BCUT2D eigenvalue weighted by atomic mass is 31.2. The molecule has 0 saturated carbocycles. The Balaban J connectivity index is 4.25. The predicted octanol–water partition coefficient (Wildman–Crippen LogP) is 4.60. The lowest BCUT2D eigenvalue weighted by Crippen LogP contribution is -2.36. The minimum Gasteiger partial charge on any atom is -0.329 e. The molecule has 0 radical (unpaired) electrons. The number of rotatable bonds is 35. The summed E-state index contributed by atoms with van der Waals surface area (Å²) in [6.07, 6.45) is 12.8. The van der Waals surface area contributed by atoms with Crippen molar-refractivity contribution in [3.63, 3.8) is 0 Å². The summed E-state index contributed by atoms with van der Waals surface area (Å²) in [5, 5.41) is 0. The van der Waals surface area contributed by atoms with Crippen molar-refractivity contribution in [3.05, 3.63) is 0 Å². The number of unbranched alkanes of at least 4 members (excludes halogenated alkanes) is 9. The number of nitrogens with two attached hydrogens (primary N) is 4.